The summed E-state index contributed by atoms with van der Waals surface area (Å²) in [5, 5.41) is 3.07. The first-order valence-electron chi connectivity index (χ1n) is 6.58. The Bertz CT molecular complexity index is 577. The number of carbonyl (C=O) groups excluding carboxylic acids is 1. The van der Waals surface area contributed by atoms with E-state index in [-0.39, 0.29) is 5.91 Å². The fraction of sp³-hybridized carbons (Fsp3) is 0.312. The summed E-state index contributed by atoms with van der Waals surface area (Å²) in [6.45, 7) is 4.25. The number of ether oxygens (including phenoxy) is 1. The maximum atomic E-state index is 12.4. The molecule has 1 amide bonds. The summed E-state index contributed by atoms with van der Waals surface area (Å²) in [6.07, 6.45) is 1.76. The van der Waals surface area contributed by atoms with Crippen LogP contribution in [0.2, 0.25) is 0 Å². The second-order valence-corrected chi connectivity index (χ2v) is 5.10. The molecule has 0 bridgehead atoms. The van der Waals surface area contributed by atoms with Crippen molar-refractivity contribution in [3.63, 3.8) is 0 Å². The lowest BCUT2D eigenvalue weighted by Gasteiger charge is -2.30. The summed E-state index contributed by atoms with van der Waals surface area (Å²) < 4.78 is 5.29. The van der Waals surface area contributed by atoms with Crippen LogP contribution in [-0.2, 0) is 10.3 Å². The number of hydrogen-bond donors (Lipinski definition) is 2. The van der Waals surface area contributed by atoms with Crippen molar-refractivity contribution in [3.05, 3.63) is 59.4 Å². The minimum Gasteiger partial charge on any atom is -0.382 e. The second kappa shape index (κ2) is 5.92. The Hall–Kier alpha value is -2.07. The number of aryl methyl sites for hydroxylation is 1. The lowest BCUT2D eigenvalue weighted by Crippen LogP contribution is -2.46. The van der Waals surface area contributed by atoms with Gasteiger partial charge in [-0.15, -0.1) is 0 Å². The Kier molecular flexibility index (Phi) is 4.25. The molecule has 20 heavy (non-hydrogen) atoms. The van der Waals surface area contributed by atoms with E-state index in [9.17, 15) is 4.79 Å². The zero-order valence-corrected chi connectivity index (χ0v) is 12.1. The molecule has 4 heteroatoms. The number of benzene rings is 1. The van der Waals surface area contributed by atoms with Gasteiger partial charge in [0.15, 0.2) is 0 Å². The predicted molar refractivity (Wildman–Crippen MR) is 78.7 cm³/mol. The van der Waals surface area contributed by atoms with Gasteiger partial charge in [-0.25, -0.2) is 0 Å². The summed E-state index contributed by atoms with van der Waals surface area (Å²) >= 11 is 0. The summed E-state index contributed by atoms with van der Waals surface area (Å²) in [6, 6.07) is 11.6. The Morgan fingerprint density at radius 3 is 2.55 bits per heavy atom. The van der Waals surface area contributed by atoms with E-state index in [1.807, 2.05) is 44.2 Å². The van der Waals surface area contributed by atoms with Crippen molar-refractivity contribution in [1.82, 2.24) is 10.3 Å². The van der Waals surface area contributed by atoms with E-state index in [4.69, 9.17) is 4.74 Å². The Labute approximate surface area is 119 Å². The molecule has 2 aromatic rings. The van der Waals surface area contributed by atoms with Gasteiger partial charge in [0.05, 0.1) is 17.7 Å². The first kappa shape index (κ1) is 14.3. The molecule has 0 saturated carbocycles. The third-order valence-corrected chi connectivity index (χ3v) is 3.43. The van der Waals surface area contributed by atoms with Gasteiger partial charge in [0.2, 0.25) is 0 Å². The minimum atomic E-state index is -0.559. The molecule has 0 saturated heterocycles. The quantitative estimate of drug-likeness (QED) is 0.879. The normalized spacial score (nSPS) is 13.8. The largest absolute Gasteiger partial charge is 0.382 e. The predicted octanol–water partition coefficient (Wildman–Crippen LogP) is 2.61. The lowest BCUT2D eigenvalue weighted by atomic mass is 9.92. The average molecular weight is 272 g/mol. The zero-order chi connectivity index (χ0) is 14.6. The van der Waals surface area contributed by atoms with Crippen molar-refractivity contribution in [2.75, 3.05) is 13.7 Å². The van der Waals surface area contributed by atoms with Gasteiger partial charge >= 0.3 is 0 Å². The van der Waals surface area contributed by atoms with Crippen molar-refractivity contribution in [3.8, 4) is 0 Å². The number of aromatic nitrogens is 1. The van der Waals surface area contributed by atoms with Gasteiger partial charge in [-0.05, 0) is 25.5 Å². The van der Waals surface area contributed by atoms with E-state index in [2.05, 4.69) is 10.3 Å². The molecule has 0 aliphatic carbocycles. The van der Waals surface area contributed by atoms with E-state index >= 15 is 0 Å². The molecule has 0 aliphatic rings. The molecule has 1 heterocycles. The monoisotopic (exact) mass is 272 g/mol. The van der Waals surface area contributed by atoms with E-state index in [1.54, 1.807) is 19.4 Å². The van der Waals surface area contributed by atoms with Gasteiger partial charge < -0.3 is 15.0 Å². The van der Waals surface area contributed by atoms with Gasteiger partial charge in [0, 0.05) is 19.0 Å². The number of aromatic amines is 1. The maximum Gasteiger partial charge on any atom is 0.253 e. The fourth-order valence-corrected chi connectivity index (χ4v) is 2.30. The Morgan fingerprint density at radius 2 is 2.00 bits per heavy atom. The summed E-state index contributed by atoms with van der Waals surface area (Å²) in [4.78, 5) is 15.4. The van der Waals surface area contributed by atoms with Gasteiger partial charge in [-0.1, -0.05) is 30.3 Å². The van der Waals surface area contributed by atoms with Crippen LogP contribution in [0.3, 0.4) is 0 Å². The molecule has 4 nitrogen and oxygen atoms in total. The Balaban J connectivity index is 2.26. The molecule has 1 aromatic heterocycles. The molecular weight excluding hydrogens is 252 g/mol. The van der Waals surface area contributed by atoms with Crippen LogP contribution >= 0.6 is 0 Å². The molecule has 2 rings (SSSR count). The highest BCUT2D eigenvalue weighted by atomic mass is 16.5. The fourth-order valence-electron chi connectivity index (χ4n) is 2.30. The molecule has 0 spiro atoms. The van der Waals surface area contributed by atoms with E-state index in [0.717, 1.165) is 11.3 Å². The molecule has 0 aliphatic heterocycles. The first-order valence-corrected chi connectivity index (χ1v) is 6.58. The second-order valence-electron chi connectivity index (χ2n) is 5.10. The van der Waals surface area contributed by atoms with Crippen LogP contribution in [-0.4, -0.2) is 24.6 Å². The number of H-pyrrole nitrogens is 1. The molecule has 2 N–H and O–H groups in total. The summed E-state index contributed by atoms with van der Waals surface area (Å²) in [5.41, 5.74) is 1.97. The lowest BCUT2D eigenvalue weighted by molar-refractivity contribution is 0.0785. The van der Waals surface area contributed by atoms with Crippen LogP contribution in [0, 0.1) is 6.92 Å². The summed E-state index contributed by atoms with van der Waals surface area (Å²) in [5.74, 6) is -0.104. The average Bonchev–Trinajstić information content (AvgIpc) is 2.86. The van der Waals surface area contributed by atoms with E-state index in [0.29, 0.717) is 12.2 Å². The maximum absolute atomic E-state index is 12.4. The van der Waals surface area contributed by atoms with Crippen LogP contribution in [0.1, 0.15) is 28.5 Å². The highest BCUT2D eigenvalue weighted by Crippen LogP contribution is 2.22. The van der Waals surface area contributed by atoms with Crippen molar-refractivity contribution in [2.45, 2.75) is 19.4 Å². The standard InChI is InChI=1S/C16H20N2O2/c1-12-14(9-10-17-12)15(19)18-16(2,11-20-3)13-7-5-4-6-8-13/h4-10,17H,11H2,1-3H3,(H,18,19)/t16-/m1/s1. The molecular formula is C16H20N2O2. The minimum absolute atomic E-state index is 0.104. The van der Waals surface area contributed by atoms with Crippen LogP contribution in [0.15, 0.2) is 42.6 Å². The number of amides is 1. The number of carbonyl (C=O) groups is 1. The third-order valence-electron chi connectivity index (χ3n) is 3.43. The SMILES string of the molecule is COC[C@@](C)(NC(=O)c1cc[nH]c1C)c1ccccc1. The van der Waals surface area contributed by atoms with Gasteiger partial charge in [-0.3, -0.25) is 4.79 Å². The van der Waals surface area contributed by atoms with Crippen molar-refractivity contribution < 1.29 is 9.53 Å². The van der Waals surface area contributed by atoms with Gasteiger partial charge in [-0.2, -0.15) is 0 Å². The molecule has 1 aromatic carbocycles. The van der Waals surface area contributed by atoms with Gasteiger partial charge in [0.1, 0.15) is 0 Å². The van der Waals surface area contributed by atoms with Crippen LogP contribution in [0.5, 0.6) is 0 Å². The van der Waals surface area contributed by atoms with Crippen molar-refractivity contribution >= 4 is 5.91 Å². The molecule has 1 atom stereocenters. The molecule has 0 unspecified atom stereocenters. The third kappa shape index (κ3) is 2.91. The Morgan fingerprint density at radius 1 is 1.30 bits per heavy atom. The zero-order valence-electron chi connectivity index (χ0n) is 12.1. The highest BCUT2D eigenvalue weighted by molar-refractivity contribution is 5.95. The van der Waals surface area contributed by atoms with E-state index < -0.39 is 5.54 Å². The van der Waals surface area contributed by atoms with Crippen LogP contribution in [0.4, 0.5) is 0 Å². The first-order chi connectivity index (χ1) is 9.57. The molecule has 106 valence electrons. The molecule has 0 radical (unpaired) electrons. The van der Waals surface area contributed by atoms with Crippen molar-refractivity contribution in [2.24, 2.45) is 0 Å². The number of nitrogens with one attached hydrogen (secondary N) is 2. The van der Waals surface area contributed by atoms with Crippen LogP contribution in [0.25, 0.3) is 0 Å². The van der Waals surface area contributed by atoms with Crippen molar-refractivity contribution in [1.29, 1.82) is 0 Å². The number of rotatable bonds is 5. The summed E-state index contributed by atoms with van der Waals surface area (Å²) in [7, 11) is 1.63. The molecule has 0 fully saturated rings. The number of methoxy groups -OCH3 is 1. The number of hydrogen-bond acceptors (Lipinski definition) is 2. The smallest absolute Gasteiger partial charge is 0.253 e. The topological polar surface area (TPSA) is 54.1 Å². The highest BCUT2D eigenvalue weighted by Gasteiger charge is 2.29. The van der Waals surface area contributed by atoms with E-state index in [1.165, 1.54) is 0 Å². The van der Waals surface area contributed by atoms with Gasteiger partial charge in [0.25, 0.3) is 5.91 Å². The van der Waals surface area contributed by atoms with Crippen LogP contribution < -0.4 is 5.32 Å².